The molecular formula is C23H26N2O4. The molecule has 152 valence electrons. The van der Waals surface area contributed by atoms with Gasteiger partial charge in [0.2, 0.25) is 5.78 Å². The summed E-state index contributed by atoms with van der Waals surface area (Å²) in [6, 6.07) is 9.48. The van der Waals surface area contributed by atoms with Crippen molar-refractivity contribution in [3.05, 3.63) is 64.1 Å². The second kappa shape index (κ2) is 8.57. The number of ketones is 1. The second-order valence-electron chi connectivity index (χ2n) is 7.14. The van der Waals surface area contributed by atoms with Crippen molar-refractivity contribution < 1.29 is 19.1 Å². The molecule has 0 radical (unpaired) electrons. The molecule has 0 aliphatic rings. The molecule has 1 aromatic carbocycles. The smallest absolute Gasteiger partial charge is 0.340 e. The number of ether oxygens (including phenoxy) is 2. The number of fused-ring (bicyclic) bond motifs is 1. The highest BCUT2D eigenvalue weighted by molar-refractivity contribution is 6.02. The summed E-state index contributed by atoms with van der Waals surface area (Å²) in [6.07, 6.45) is 0. The number of esters is 1. The van der Waals surface area contributed by atoms with E-state index in [4.69, 9.17) is 9.47 Å². The molecule has 2 heterocycles. The Hall–Kier alpha value is -2.99. The number of methoxy groups -OCH3 is 1. The van der Waals surface area contributed by atoms with Gasteiger partial charge in [-0.25, -0.2) is 4.79 Å². The minimum atomic E-state index is -0.528. The van der Waals surface area contributed by atoms with E-state index in [1.807, 2.05) is 55.7 Å². The number of carbonyl (C=O) groups is 2. The predicted octanol–water partition coefficient (Wildman–Crippen LogP) is 3.96. The molecule has 0 aliphatic carbocycles. The van der Waals surface area contributed by atoms with Crippen LogP contribution >= 0.6 is 0 Å². The molecule has 0 atom stereocenters. The quantitative estimate of drug-likeness (QED) is 0.448. The normalized spacial score (nSPS) is 11.1. The van der Waals surface area contributed by atoms with Crippen molar-refractivity contribution in [1.29, 1.82) is 0 Å². The van der Waals surface area contributed by atoms with Crippen molar-refractivity contribution in [2.24, 2.45) is 0 Å². The van der Waals surface area contributed by atoms with E-state index in [2.05, 4.69) is 4.98 Å². The number of nitrogens with zero attached hydrogens (tertiary/aromatic N) is 2. The molecule has 0 spiro atoms. The Morgan fingerprint density at radius 2 is 1.83 bits per heavy atom. The van der Waals surface area contributed by atoms with E-state index in [0.29, 0.717) is 30.0 Å². The van der Waals surface area contributed by atoms with Crippen LogP contribution in [0.25, 0.3) is 10.9 Å². The van der Waals surface area contributed by atoms with Gasteiger partial charge in [0.15, 0.2) is 6.61 Å². The van der Waals surface area contributed by atoms with Crippen LogP contribution in [0, 0.1) is 27.7 Å². The third-order valence-electron chi connectivity index (χ3n) is 5.26. The number of rotatable bonds is 7. The fourth-order valence-electron chi connectivity index (χ4n) is 3.72. The summed E-state index contributed by atoms with van der Waals surface area (Å²) in [5.74, 6) is -0.751. The molecule has 6 nitrogen and oxygen atoms in total. The summed E-state index contributed by atoms with van der Waals surface area (Å²) in [7, 11) is 1.64. The lowest BCUT2D eigenvalue weighted by Crippen LogP contribution is -2.17. The highest BCUT2D eigenvalue weighted by Gasteiger charge is 2.21. The number of pyridine rings is 1. The second-order valence-corrected chi connectivity index (χ2v) is 7.14. The van der Waals surface area contributed by atoms with Crippen molar-refractivity contribution in [1.82, 2.24) is 9.55 Å². The molecule has 0 saturated carbocycles. The maximum absolute atomic E-state index is 12.7. The largest absolute Gasteiger partial charge is 0.454 e. The molecule has 0 unspecified atom stereocenters. The van der Waals surface area contributed by atoms with Gasteiger partial charge in [-0.3, -0.25) is 9.78 Å². The first kappa shape index (κ1) is 20.7. The first-order chi connectivity index (χ1) is 13.8. The zero-order chi connectivity index (χ0) is 21.1. The molecular weight excluding hydrogens is 368 g/mol. The molecule has 0 saturated heterocycles. The standard InChI is InChI=1S/C23H26N2O4/c1-14-12-19(17(4)25(14)10-11-28-5)21(26)13-29-23(27)22-15(2)18-8-6-7-9-20(18)24-16(22)3/h6-9,12H,10-11,13H2,1-5H3. The average Bonchev–Trinajstić information content (AvgIpc) is 2.98. The van der Waals surface area contributed by atoms with Crippen molar-refractivity contribution in [3.63, 3.8) is 0 Å². The van der Waals surface area contributed by atoms with Gasteiger partial charge in [0.1, 0.15) is 0 Å². The highest BCUT2D eigenvalue weighted by Crippen LogP contribution is 2.23. The number of carbonyl (C=O) groups excluding carboxylic acids is 2. The summed E-state index contributed by atoms with van der Waals surface area (Å²) in [5.41, 5.74) is 5.04. The van der Waals surface area contributed by atoms with Gasteiger partial charge in [0.05, 0.1) is 23.4 Å². The summed E-state index contributed by atoms with van der Waals surface area (Å²) in [4.78, 5) is 29.9. The number of para-hydroxylation sites is 1. The van der Waals surface area contributed by atoms with Crippen LogP contribution in [0.15, 0.2) is 30.3 Å². The lowest BCUT2D eigenvalue weighted by Gasteiger charge is -2.12. The Balaban J connectivity index is 1.78. The third-order valence-corrected chi connectivity index (χ3v) is 5.26. The maximum Gasteiger partial charge on any atom is 0.340 e. The van der Waals surface area contributed by atoms with Crippen molar-refractivity contribution in [3.8, 4) is 0 Å². The molecule has 2 aromatic heterocycles. The molecule has 6 heteroatoms. The molecule has 0 bridgehead atoms. The van der Waals surface area contributed by atoms with Crippen LogP contribution < -0.4 is 0 Å². The minimum Gasteiger partial charge on any atom is -0.454 e. The van der Waals surface area contributed by atoms with E-state index >= 15 is 0 Å². The molecule has 0 amide bonds. The topological polar surface area (TPSA) is 70.4 Å². The Morgan fingerprint density at radius 3 is 2.55 bits per heavy atom. The van der Waals surface area contributed by atoms with Gasteiger partial charge in [-0.05, 0) is 45.4 Å². The SMILES string of the molecule is COCCn1c(C)cc(C(=O)COC(=O)c2c(C)nc3ccccc3c2C)c1C. The van der Waals surface area contributed by atoms with Gasteiger partial charge in [0.25, 0.3) is 0 Å². The molecule has 3 aromatic rings. The molecule has 3 rings (SSSR count). The van der Waals surface area contributed by atoms with Crippen molar-refractivity contribution >= 4 is 22.7 Å². The Bertz CT molecular complexity index is 1080. The van der Waals surface area contributed by atoms with Crippen LogP contribution in [0.1, 0.15) is 43.4 Å². The van der Waals surface area contributed by atoms with Gasteiger partial charge in [-0.15, -0.1) is 0 Å². The monoisotopic (exact) mass is 394 g/mol. The number of hydrogen-bond acceptors (Lipinski definition) is 5. The third kappa shape index (κ3) is 4.07. The average molecular weight is 394 g/mol. The minimum absolute atomic E-state index is 0.223. The number of aromatic nitrogens is 2. The van der Waals surface area contributed by atoms with Crippen molar-refractivity contribution in [2.45, 2.75) is 34.2 Å². The Kier molecular flexibility index (Phi) is 6.13. The van der Waals surface area contributed by atoms with E-state index in [-0.39, 0.29) is 12.4 Å². The first-order valence-corrected chi connectivity index (χ1v) is 9.57. The van der Waals surface area contributed by atoms with Gasteiger partial charge in [0, 0.05) is 36.0 Å². The van der Waals surface area contributed by atoms with Crippen LogP contribution in [0.3, 0.4) is 0 Å². The van der Waals surface area contributed by atoms with Gasteiger partial charge >= 0.3 is 5.97 Å². The van der Waals surface area contributed by atoms with Crippen LogP contribution in [-0.4, -0.2) is 41.6 Å². The zero-order valence-corrected chi connectivity index (χ0v) is 17.5. The summed E-state index contributed by atoms with van der Waals surface area (Å²) >= 11 is 0. The summed E-state index contributed by atoms with van der Waals surface area (Å²) in [5, 5.41) is 0.901. The number of Topliss-reactive ketones (excluding diaryl/α,β-unsaturated/α-hetero) is 1. The summed E-state index contributed by atoms with van der Waals surface area (Å²) < 4.78 is 12.5. The van der Waals surface area contributed by atoms with E-state index in [1.54, 1.807) is 14.0 Å². The van der Waals surface area contributed by atoms with Crippen LogP contribution in [0.2, 0.25) is 0 Å². The van der Waals surface area contributed by atoms with E-state index < -0.39 is 5.97 Å². The van der Waals surface area contributed by atoms with Crippen molar-refractivity contribution in [2.75, 3.05) is 20.3 Å². The van der Waals surface area contributed by atoms with Gasteiger partial charge in [-0.2, -0.15) is 0 Å². The molecule has 0 aliphatic heterocycles. The predicted molar refractivity (Wildman–Crippen MR) is 112 cm³/mol. The van der Waals surface area contributed by atoms with E-state index in [9.17, 15) is 9.59 Å². The lowest BCUT2D eigenvalue weighted by molar-refractivity contribution is 0.0472. The van der Waals surface area contributed by atoms with E-state index in [1.165, 1.54) is 0 Å². The molecule has 0 fully saturated rings. The van der Waals surface area contributed by atoms with Gasteiger partial charge < -0.3 is 14.0 Å². The number of aryl methyl sites for hydroxylation is 3. The molecule has 0 N–H and O–H groups in total. The van der Waals surface area contributed by atoms with Crippen LogP contribution in [0.5, 0.6) is 0 Å². The number of benzene rings is 1. The van der Waals surface area contributed by atoms with Gasteiger partial charge in [-0.1, -0.05) is 18.2 Å². The van der Waals surface area contributed by atoms with Crippen LogP contribution in [0.4, 0.5) is 0 Å². The summed E-state index contributed by atoms with van der Waals surface area (Å²) in [6.45, 7) is 8.41. The Labute approximate surface area is 170 Å². The Morgan fingerprint density at radius 1 is 1.10 bits per heavy atom. The fraction of sp³-hybridized carbons (Fsp3) is 0.348. The first-order valence-electron chi connectivity index (χ1n) is 9.57. The van der Waals surface area contributed by atoms with Crippen LogP contribution in [-0.2, 0) is 16.0 Å². The maximum atomic E-state index is 12.7. The number of hydrogen-bond donors (Lipinski definition) is 0. The molecule has 29 heavy (non-hydrogen) atoms. The van der Waals surface area contributed by atoms with E-state index in [0.717, 1.165) is 27.9 Å². The highest BCUT2D eigenvalue weighted by atomic mass is 16.5. The fourth-order valence-corrected chi connectivity index (χ4v) is 3.72. The zero-order valence-electron chi connectivity index (χ0n) is 17.5. The lowest BCUT2D eigenvalue weighted by atomic mass is 10.0.